The molecule has 0 bridgehead atoms. The molecule has 0 atom stereocenters. The minimum atomic E-state index is -4.65. The highest BCUT2D eigenvalue weighted by Crippen LogP contribution is 2.31. The number of alkyl halides is 3. The summed E-state index contributed by atoms with van der Waals surface area (Å²) in [6.07, 6.45) is -4.65. The van der Waals surface area contributed by atoms with Crippen LogP contribution in [0.2, 0.25) is 5.02 Å². The van der Waals surface area contributed by atoms with Crippen molar-refractivity contribution in [2.75, 3.05) is 33.3 Å². The zero-order chi connectivity index (χ0) is 22.1. The second kappa shape index (κ2) is 8.44. The maximum Gasteiger partial charge on any atom is 0.416 e. The van der Waals surface area contributed by atoms with E-state index in [0.29, 0.717) is 16.8 Å². The van der Waals surface area contributed by atoms with Gasteiger partial charge in [0.2, 0.25) is 10.0 Å². The van der Waals surface area contributed by atoms with Crippen LogP contribution in [0.5, 0.6) is 5.75 Å². The lowest BCUT2D eigenvalue weighted by Crippen LogP contribution is -2.50. The molecule has 0 saturated carbocycles. The number of hydrogen-bond donors (Lipinski definition) is 0. The van der Waals surface area contributed by atoms with Gasteiger partial charge in [0.25, 0.3) is 5.91 Å². The molecule has 1 heterocycles. The lowest BCUT2D eigenvalue weighted by molar-refractivity contribution is -0.137. The molecule has 11 heteroatoms. The first-order valence-corrected chi connectivity index (χ1v) is 10.7. The molecule has 0 unspecified atom stereocenters. The Morgan fingerprint density at radius 1 is 1.07 bits per heavy atom. The van der Waals surface area contributed by atoms with Crippen molar-refractivity contribution in [3.63, 3.8) is 0 Å². The molecule has 1 aliphatic heterocycles. The number of hydrogen-bond acceptors (Lipinski definition) is 4. The Kier molecular flexibility index (Phi) is 6.30. The minimum absolute atomic E-state index is 0.0484. The van der Waals surface area contributed by atoms with Gasteiger partial charge in [0.15, 0.2) is 0 Å². The third kappa shape index (κ3) is 4.55. The third-order valence-electron chi connectivity index (χ3n) is 4.72. The number of benzene rings is 2. The van der Waals surface area contributed by atoms with Gasteiger partial charge >= 0.3 is 6.18 Å². The van der Waals surface area contributed by atoms with Crippen molar-refractivity contribution < 1.29 is 31.1 Å². The molecule has 1 fully saturated rings. The second-order valence-electron chi connectivity index (χ2n) is 6.57. The molecule has 0 aromatic heterocycles. The molecular weight excluding hydrogens is 445 g/mol. The van der Waals surface area contributed by atoms with E-state index in [9.17, 15) is 26.4 Å². The number of methoxy groups -OCH3 is 1. The van der Waals surface area contributed by atoms with Crippen molar-refractivity contribution >= 4 is 27.5 Å². The Balaban J connectivity index is 1.75. The molecule has 0 N–H and O–H groups in total. The summed E-state index contributed by atoms with van der Waals surface area (Å²) in [5.74, 6) is -0.0334. The summed E-state index contributed by atoms with van der Waals surface area (Å²) in [6.45, 7) is 0.0553. The maximum atomic E-state index is 12.9. The molecule has 2 aromatic rings. The summed E-state index contributed by atoms with van der Waals surface area (Å²) in [4.78, 5) is 13.8. The summed E-state index contributed by atoms with van der Waals surface area (Å²) in [5.41, 5.74) is -0.787. The van der Waals surface area contributed by atoms with Gasteiger partial charge in [-0.3, -0.25) is 4.79 Å². The van der Waals surface area contributed by atoms with Gasteiger partial charge in [0.1, 0.15) is 5.75 Å². The van der Waals surface area contributed by atoms with E-state index < -0.39 is 26.7 Å². The molecule has 2 aromatic carbocycles. The van der Waals surface area contributed by atoms with Crippen LogP contribution in [0.1, 0.15) is 15.9 Å². The molecule has 3 rings (SSSR count). The molecule has 1 amide bonds. The number of rotatable bonds is 4. The summed E-state index contributed by atoms with van der Waals surface area (Å²) < 4.78 is 70.6. The van der Waals surface area contributed by atoms with Crippen molar-refractivity contribution in [3.8, 4) is 5.75 Å². The van der Waals surface area contributed by atoms with Crippen LogP contribution in [-0.4, -0.2) is 56.8 Å². The van der Waals surface area contributed by atoms with E-state index in [4.69, 9.17) is 16.3 Å². The van der Waals surface area contributed by atoms with Crippen LogP contribution >= 0.6 is 11.6 Å². The molecular formula is C19H18ClF3N2O4S. The van der Waals surface area contributed by atoms with Crippen LogP contribution in [0.3, 0.4) is 0 Å². The number of carbonyl (C=O) groups is 1. The highest BCUT2D eigenvalue weighted by Gasteiger charge is 2.34. The van der Waals surface area contributed by atoms with E-state index in [1.807, 2.05) is 0 Å². The quantitative estimate of drug-likeness (QED) is 0.697. The standard InChI is InChI=1S/C19H18ClF3N2O4S/c1-29-17-6-5-14(20)12-16(17)18(26)24-7-9-25(10-8-24)30(27,28)15-4-2-3-13(11-15)19(21,22)23/h2-6,11-12H,7-10H2,1H3. The van der Waals surface area contributed by atoms with Crippen molar-refractivity contribution in [3.05, 3.63) is 58.6 Å². The van der Waals surface area contributed by atoms with Crippen LogP contribution < -0.4 is 4.74 Å². The van der Waals surface area contributed by atoms with Crippen molar-refractivity contribution in [1.29, 1.82) is 0 Å². The maximum absolute atomic E-state index is 12.9. The summed E-state index contributed by atoms with van der Waals surface area (Å²) in [6, 6.07) is 8.21. The van der Waals surface area contributed by atoms with Crippen LogP contribution in [0.15, 0.2) is 47.4 Å². The smallest absolute Gasteiger partial charge is 0.416 e. The van der Waals surface area contributed by atoms with Gasteiger partial charge in [0.05, 0.1) is 23.1 Å². The van der Waals surface area contributed by atoms with Crippen LogP contribution in [0.4, 0.5) is 13.2 Å². The zero-order valence-electron chi connectivity index (χ0n) is 15.8. The number of amides is 1. The van der Waals surface area contributed by atoms with Crippen molar-refractivity contribution in [2.24, 2.45) is 0 Å². The van der Waals surface area contributed by atoms with E-state index in [1.54, 1.807) is 12.1 Å². The van der Waals surface area contributed by atoms with Gasteiger partial charge in [-0.25, -0.2) is 8.42 Å². The monoisotopic (exact) mass is 462 g/mol. The lowest BCUT2D eigenvalue weighted by Gasteiger charge is -2.34. The average molecular weight is 463 g/mol. The molecule has 1 saturated heterocycles. The van der Waals surface area contributed by atoms with Crippen LogP contribution in [-0.2, 0) is 16.2 Å². The summed E-state index contributed by atoms with van der Waals surface area (Å²) in [7, 11) is -2.71. The molecule has 30 heavy (non-hydrogen) atoms. The minimum Gasteiger partial charge on any atom is -0.496 e. The van der Waals surface area contributed by atoms with E-state index in [2.05, 4.69) is 0 Å². The Morgan fingerprint density at radius 3 is 2.33 bits per heavy atom. The normalized spacial score (nSPS) is 15.8. The third-order valence-corrected chi connectivity index (χ3v) is 6.85. The number of ether oxygens (including phenoxy) is 1. The fraction of sp³-hybridized carbons (Fsp3) is 0.316. The summed E-state index contributed by atoms with van der Waals surface area (Å²) in [5, 5.41) is 0.352. The Hall–Kier alpha value is -2.30. The highest BCUT2D eigenvalue weighted by molar-refractivity contribution is 7.89. The van der Waals surface area contributed by atoms with Gasteiger partial charge in [-0.2, -0.15) is 17.5 Å². The number of carbonyl (C=O) groups excluding carboxylic acids is 1. The van der Waals surface area contributed by atoms with E-state index in [-0.39, 0.29) is 37.6 Å². The number of sulfonamides is 1. The van der Waals surface area contributed by atoms with Crippen molar-refractivity contribution in [2.45, 2.75) is 11.1 Å². The van der Waals surface area contributed by atoms with Gasteiger partial charge < -0.3 is 9.64 Å². The fourth-order valence-corrected chi connectivity index (χ4v) is 4.77. The zero-order valence-corrected chi connectivity index (χ0v) is 17.4. The Bertz CT molecular complexity index is 1050. The average Bonchev–Trinajstić information content (AvgIpc) is 2.72. The first-order valence-electron chi connectivity index (χ1n) is 8.84. The highest BCUT2D eigenvalue weighted by atomic mass is 35.5. The molecule has 0 spiro atoms. The van der Waals surface area contributed by atoms with Gasteiger partial charge in [0, 0.05) is 31.2 Å². The molecule has 162 valence electrons. The molecule has 0 aliphatic carbocycles. The number of piperazine rings is 1. The number of nitrogens with zero attached hydrogens (tertiary/aromatic N) is 2. The van der Waals surface area contributed by atoms with Crippen LogP contribution in [0, 0.1) is 0 Å². The van der Waals surface area contributed by atoms with Gasteiger partial charge in [-0.15, -0.1) is 0 Å². The van der Waals surface area contributed by atoms with E-state index in [1.165, 1.54) is 18.1 Å². The van der Waals surface area contributed by atoms with Gasteiger partial charge in [-0.1, -0.05) is 17.7 Å². The van der Waals surface area contributed by atoms with Crippen molar-refractivity contribution in [1.82, 2.24) is 9.21 Å². The van der Waals surface area contributed by atoms with E-state index >= 15 is 0 Å². The van der Waals surface area contributed by atoms with Gasteiger partial charge in [-0.05, 0) is 36.4 Å². The molecule has 0 radical (unpaired) electrons. The second-order valence-corrected chi connectivity index (χ2v) is 8.94. The van der Waals surface area contributed by atoms with Crippen LogP contribution in [0.25, 0.3) is 0 Å². The Labute approximate surface area is 176 Å². The first kappa shape index (κ1) is 22.4. The first-order chi connectivity index (χ1) is 14.0. The van der Waals surface area contributed by atoms with E-state index in [0.717, 1.165) is 22.5 Å². The summed E-state index contributed by atoms with van der Waals surface area (Å²) >= 11 is 5.96. The predicted molar refractivity (Wildman–Crippen MR) is 104 cm³/mol. The molecule has 1 aliphatic rings. The topological polar surface area (TPSA) is 66.9 Å². The Morgan fingerprint density at radius 2 is 1.73 bits per heavy atom. The fourth-order valence-electron chi connectivity index (χ4n) is 3.13. The molecule has 6 nitrogen and oxygen atoms in total. The SMILES string of the molecule is COc1ccc(Cl)cc1C(=O)N1CCN(S(=O)(=O)c2cccc(C(F)(F)F)c2)CC1. The number of halogens is 4. The largest absolute Gasteiger partial charge is 0.496 e. The lowest BCUT2D eigenvalue weighted by atomic mass is 10.1. The predicted octanol–water partition coefficient (Wildman–Crippen LogP) is 3.51.